The van der Waals surface area contributed by atoms with E-state index >= 15 is 0 Å². The van der Waals surface area contributed by atoms with E-state index in [2.05, 4.69) is 10.3 Å². The lowest BCUT2D eigenvalue weighted by molar-refractivity contribution is -0.127. The summed E-state index contributed by atoms with van der Waals surface area (Å²) in [5, 5.41) is 2.37. The Morgan fingerprint density at radius 1 is 1.50 bits per heavy atom. The van der Waals surface area contributed by atoms with E-state index in [9.17, 15) is 22.4 Å². The zero-order valence-electron chi connectivity index (χ0n) is 12.6. The Morgan fingerprint density at radius 3 is 2.83 bits per heavy atom. The minimum absolute atomic E-state index is 0.0683. The molecule has 0 spiro atoms. The monoisotopic (exact) mass is 373 g/mol. The molecule has 3 rings (SSSR count). The van der Waals surface area contributed by atoms with Crippen molar-refractivity contribution in [3.05, 3.63) is 17.9 Å². The smallest absolute Gasteiger partial charge is 0.415 e. The maximum Gasteiger partial charge on any atom is 0.415 e. The molecule has 0 radical (unpaired) electrons. The van der Waals surface area contributed by atoms with Crippen molar-refractivity contribution in [1.82, 2.24) is 10.3 Å². The van der Waals surface area contributed by atoms with E-state index in [4.69, 9.17) is 4.74 Å². The van der Waals surface area contributed by atoms with Gasteiger partial charge in [-0.05, 0) is 6.07 Å². The van der Waals surface area contributed by atoms with E-state index in [1.54, 1.807) is 0 Å². The number of benzene rings is 1. The van der Waals surface area contributed by atoms with Gasteiger partial charge in [-0.3, -0.25) is 9.69 Å². The number of carbonyl (C=O) groups excluding carboxylic acids is 2. The molecule has 128 valence electrons. The molecule has 0 aliphatic carbocycles. The normalized spacial score (nSPS) is 18.0. The Bertz CT molecular complexity index is 956. The molecule has 1 aromatic heterocycles. The van der Waals surface area contributed by atoms with Crippen LogP contribution in [0, 0.1) is 5.82 Å². The van der Waals surface area contributed by atoms with E-state index in [0.29, 0.717) is 0 Å². The first-order chi connectivity index (χ1) is 11.2. The van der Waals surface area contributed by atoms with Gasteiger partial charge < -0.3 is 10.1 Å². The maximum atomic E-state index is 14.2. The third kappa shape index (κ3) is 2.80. The van der Waals surface area contributed by atoms with Crippen LogP contribution < -0.4 is 10.2 Å². The molecular formula is C13H12FN3O5S2. The summed E-state index contributed by atoms with van der Waals surface area (Å²) < 4.78 is 42.4. The average molecular weight is 373 g/mol. The van der Waals surface area contributed by atoms with E-state index in [1.807, 2.05) is 0 Å². The van der Waals surface area contributed by atoms with Crippen molar-refractivity contribution < 1.29 is 27.1 Å². The molecular weight excluding hydrogens is 361 g/mol. The Balaban J connectivity index is 2.02. The topological polar surface area (TPSA) is 106 Å². The number of thiazole rings is 1. The van der Waals surface area contributed by atoms with E-state index in [1.165, 1.54) is 13.1 Å². The Hall–Kier alpha value is -2.27. The molecule has 1 aliphatic rings. The highest BCUT2D eigenvalue weighted by atomic mass is 32.2. The van der Waals surface area contributed by atoms with Crippen molar-refractivity contribution >= 4 is 49.1 Å². The molecule has 1 saturated heterocycles. The number of sulfone groups is 1. The molecule has 1 aromatic carbocycles. The number of nitrogens with one attached hydrogen (secondary N) is 1. The first-order valence-corrected chi connectivity index (χ1v) is 9.41. The summed E-state index contributed by atoms with van der Waals surface area (Å²) in [5.41, 5.74) is 0.0831. The number of aromatic nitrogens is 1. The Kier molecular flexibility index (Phi) is 3.92. The highest BCUT2D eigenvalue weighted by molar-refractivity contribution is 7.92. The van der Waals surface area contributed by atoms with Gasteiger partial charge in [0.1, 0.15) is 5.52 Å². The van der Waals surface area contributed by atoms with E-state index in [-0.39, 0.29) is 26.8 Å². The molecule has 24 heavy (non-hydrogen) atoms. The number of fused-ring (bicyclic) bond motifs is 1. The second-order valence-electron chi connectivity index (χ2n) is 5.12. The lowest BCUT2D eigenvalue weighted by atomic mass is 10.2. The largest absolute Gasteiger partial charge is 0.434 e. The van der Waals surface area contributed by atoms with Crippen LogP contribution in [-0.2, 0) is 19.4 Å². The summed E-state index contributed by atoms with van der Waals surface area (Å²) in [6.45, 7) is -0.0683. The average Bonchev–Trinajstić information content (AvgIpc) is 3.09. The molecule has 0 unspecified atom stereocenters. The van der Waals surface area contributed by atoms with Crippen LogP contribution in [0.3, 0.4) is 0 Å². The van der Waals surface area contributed by atoms with Gasteiger partial charge in [-0.25, -0.2) is 22.6 Å². The molecule has 2 aromatic rings. The van der Waals surface area contributed by atoms with Gasteiger partial charge in [0.25, 0.3) is 5.91 Å². The lowest BCUT2D eigenvalue weighted by Gasteiger charge is -2.12. The summed E-state index contributed by atoms with van der Waals surface area (Å²) in [6, 6.07) is 2.50. The van der Waals surface area contributed by atoms with Crippen molar-refractivity contribution in [3.63, 3.8) is 0 Å². The second kappa shape index (κ2) is 5.67. The number of rotatable bonds is 3. The van der Waals surface area contributed by atoms with Crippen LogP contribution >= 0.6 is 11.3 Å². The summed E-state index contributed by atoms with van der Waals surface area (Å²) in [4.78, 5) is 28.4. The fourth-order valence-corrected chi connectivity index (χ4v) is 4.12. The highest BCUT2D eigenvalue weighted by Gasteiger charge is 2.37. The molecule has 1 atom stereocenters. The molecule has 8 nitrogen and oxygen atoms in total. The van der Waals surface area contributed by atoms with Gasteiger partial charge in [-0.1, -0.05) is 0 Å². The molecule has 1 fully saturated rings. The van der Waals surface area contributed by atoms with Crippen molar-refractivity contribution in [2.45, 2.75) is 10.4 Å². The fourth-order valence-electron chi connectivity index (χ4n) is 2.24. The number of anilines is 1. The number of likely N-dealkylation sites (N-methyl/N-ethyl adjacent to an activating group) is 1. The van der Waals surface area contributed by atoms with Gasteiger partial charge in [-0.15, -0.1) is 11.3 Å². The third-order valence-corrected chi connectivity index (χ3v) is 6.07. The van der Waals surface area contributed by atoms with Gasteiger partial charge in [0, 0.05) is 19.4 Å². The number of cyclic esters (lactones) is 1. The molecule has 2 heterocycles. The number of hydrogen-bond acceptors (Lipinski definition) is 7. The highest BCUT2D eigenvalue weighted by Crippen LogP contribution is 2.33. The van der Waals surface area contributed by atoms with Gasteiger partial charge >= 0.3 is 6.09 Å². The maximum absolute atomic E-state index is 14.2. The van der Waals surface area contributed by atoms with Crippen molar-refractivity contribution in [2.75, 3.05) is 24.7 Å². The van der Waals surface area contributed by atoms with Crippen LogP contribution in [0.1, 0.15) is 0 Å². The van der Waals surface area contributed by atoms with E-state index < -0.39 is 33.8 Å². The predicted octanol–water partition coefficient (Wildman–Crippen LogP) is 0.910. The van der Waals surface area contributed by atoms with Gasteiger partial charge in [0.15, 0.2) is 11.9 Å². The van der Waals surface area contributed by atoms with Crippen molar-refractivity contribution in [1.29, 1.82) is 0 Å². The first-order valence-electron chi connectivity index (χ1n) is 6.70. The summed E-state index contributed by atoms with van der Waals surface area (Å²) in [6.07, 6.45) is -0.792. The van der Waals surface area contributed by atoms with Gasteiger partial charge in [0.2, 0.25) is 14.2 Å². The zero-order chi connectivity index (χ0) is 17.6. The van der Waals surface area contributed by atoms with Crippen molar-refractivity contribution in [2.24, 2.45) is 0 Å². The van der Waals surface area contributed by atoms with Crippen molar-refractivity contribution in [3.8, 4) is 0 Å². The standard InChI is InChI=1S/C13H12FN3O5S2/c1-15-11(18)8-5-17(13(19)22-8)6-3-7(14)10-9(4-6)23-12(16-10)24(2,20)21/h3-4,8H,5H2,1-2H3,(H,15,18)/t8-/m1/s1. The van der Waals surface area contributed by atoms with Gasteiger partial charge in [-0.2, -0.15) is 0 Å². The van der Waals surface area contributed by atoms with Crippen LogP contribution in [0.15, 0.2) is 16.5 Å². The molecule has 1 N–H and O–H groups in total. The number of carbonyl (C=O) groups is 2. The number of halogens is 1. The number of amides is 2. The Labute approximate surface area is 140 Å². The minimum Gasteiger partial charge on any atom is -0.434 e. The minimum atomic E-state index is -3.56. The summed E-state index contributed by atoms with van der Waals surface area (Å²) >= 11 is 0.807. The molecule has 1 aliphatic heterocycles. The number of ether oxygens (including phenoxy) is 1. The Morgan fingerprint density at radius 2 is 2.21 bits per heavy atom. The lowest BCUT2D eigenvalue weighted by Crippen LogP contribution is -2.35. The fraction of sp³-hybridized carbons (Fsp3) is 0.308. The number of nitrogens with zero attached hydrogens (tertiary/aromatic N) is 2. The molecule has 11 heteroatoms. The first kappa shape index (κ1) is 16.6. The summed E-state index contributed by atoms with van der Waals surface area (Å²) in [5.74, 6) is -1.23. The number of hydrogen-bond donors (Lipinski definition) is 1. The van der Waals surface area contributed by atoms with E-state index in [0.717, 1.165) is 28.6 Å². The second-order valence-corrected chi connectivity index (χ2v) is 8.34. The zero-order valence-corrected chi connectivity index (χ0v) is 14.2. The third-order valence-electron chi connectivity index (χ3n) is 3.39. The summed E-state index contributed by atoms with van der Waals surface area (Å²) in [7, 11) is -2.15. The van der Waals surface area contributed by atoms with Crippen LogP contribution in [0.25, 0.3) is 10.2 Å². The van der Waals surface area contributed by atoms with Gasteiger partial charge in [0.05, 0.1) is 16.9 Å². The molecule has 0 saturated carbocycles. The quantitative estimate of drug-likeness (QED) is 0.857. The van der Waals surface area contributed by atoms with Crippen LogP contribution in [0.4, 0.5) is 14.9 Å². The predicted molar refractivity (Wildman–Crippen MR) is 84.4 cm³/mol. The van der Waals surface area contributed by atoms with Crippen LogP contribution in [0.2, 0.25) is 0 Å². The molecule has 2 amide bonds. The molecule has 0 bridgehead atoms. The SMILES string of the molecule is CNC(=O)[C@H]1CN(c2cc(F)c3nc(S(C)(=O)=O)sc3c2)C(=O)O1. The van der Waals surface area contributed by atoms with Crippen LogP contribution in [0.5, 0.6) is 0 Å². The van der Waals surface area contributed by atoms with Crippen LogP contribution in [-0.4, -0.2) is 51.4 Å².